The molecule has 0 aromatic heterocycles. The summed E-state index contributed by atoms with van der Waals surface area (Å²) in [6.45, 7) is 3.61. The molecule has 2 aromatic carbocycles. The number of benzene rings is 2. The zero-order chi connectivity index (χ0) is 19.9. The lowest BCUT2D eigenvalue weighted by Crippen LogP contribution is -2.14. The highest BCUT2D eigenvalue weighted by Gasteiger charge is 2.26. The van der Waals surface area contributed by atoms with E-state index in [1.54, 1.807) is 55.5 Å². The fourth-order valence-electron chi connectivity index (χ4n) is 2.52. The van der Waals surface area contributed by atoms with Gasteiger partial charge in [0.25, 0.3) is 0 Å². The fourth-order valence-corrected chi connectivity index (χ4v) is 5.34. The van der Waals surface area contributed by atoms with E-state index in [0.717, 1.165) is 5.41 Å². The second kappa shape index (κ2) is 9.12. The van der Waals surface area contributed by atoms with Gasteiger partial charge in [0.2, 0.25) is 0 Å². The summed E-state index contributed by atoms with van der Waals surface area (Å²) in [7, 11) is -8.93. The molecule has 0 saturated heterocycles. The van der Waals surface area contributed by atoms with E-state index < -0.39 is 20.2 Å². The molecule has 0 amide bonds. The first-order chi connectivity index (χ1) is 12.8. The Hall–Kier alpha value is -2.22. The smallest absolute Gasteiger partial charge is 0.193 e. The van der Waals surface area contributed by atoms with Gasteiger partial charge in [0.1, 0.15) is 0 Å². The van der Waals surface area contributed by atoms with Gasteiger partial charge in [-0.05, 0) is 42.5 Å². The number of allylic oxidation sites excluding steroid dienone is 3. The Balaban J connectivity index is 2.38. The van der Waals surface area contributed by atoms with Crippen molar-refractivity contribution in [3.63, 3.8) is 0 Å². The molecule has 0 aliphatic heterocycles. The molecule has 0 unspecified atom stereocenters. The number of hydrogen-bond donors (Lipinski definition) is 0. The molecule has 0 radical (unpaired) electrons. The van der Waals surface area contributed by atoms with Crippen molar-refractivity contribution in [1.82, 2.24) is 0 Å². The minimum absolute atomic E-state index is 0.155. The van der Waals surface area contributed by atoms with Crippen LogP contribution < -0.4 is 0 Å². The molecule has 2 rings (SSSR count). The third-order valence-electron chi connectivity index (χ3n) is 3.81. The quantitative estimate of drug-likeness (QED) is 0.611. The Morgan fingerprint density at radius 3 is 2.22 bits per heavy atom. The normalized spacial score (nSPS) is 13.2. The highest BCUT2D eigenvalue weighted by atomic mass is 32.3. The lowest BCUT2D eigenvalue weighted by atomic mass is 10.1. The second-order valence-corrected chi connectivity index (χ2v) is 8.87. The van der Waals surface area contributed by atoms with Gasteiger partial charge in [0.05, 0.1) is 10.3 Å². The molecule has 144 valence electrons. The summed E-state index contributed by atoms with van der Waals surface area (Å²) >= 11 is 0. The summed E-state index contributed by atoms with van der Waals surface area (Å²) < 4.78 is 54.6. The van der Waals surface area contributed by atoms with Crippen LogP contribution in [0.25, 0.3) is 5.57 Å². The SMILES string of the molecule is CC=CCc1ccccc1S(=O)(=O)OS(=O)(=O)C=C(CC)c1ccccc1. The van der Waals surface area contributed by atoms with Crippen molar-refractivity contribution >= 4 is 25.8 Å². The van der Waals surface area contributed by atoms with Crippen molar-refractivity contribution in [2.24, 2.45) is 0 Å². The summed E-state index contributed by atoms with van der Waals surface area (Å²) in [5, 5.41) is 0.869. The lowest BCUT2D eigenvalue weighted by Gasteiger charge is -2.09. The van der Waals surface area contributed by atoms with Crippen LogP contribution in [0.15, 0.2) is 77.1 Å². The van der Waals surface area contributed by atoms with Crippen molar-refractivity contribution in [2.75, 3.05) is 0 Å². The van der Waals surface area contributed by atoms with Gasteiger partial charge in [-0.1, -0.05) is 67.6 Å². The molecule has 0 atom stereocenters. The average Bonchev–Trinajstić information content (AvgIpc) is 2.64. The van der Waals surface area contributed by atoms with E-state index >= 15 is 0 Å². The highest BCUT2D eigenvalue weighted by Crippen LogP contribution is 2.24. The summed E-state index contributed by atoms with van der Waals surface area (Å²) in [5.74, 6) is 0. The van der Waals surface area contributed by atoms with Crippen LogP contribution in [0.3, 0.4) is 0 Å². The third kappa shape index (κ3) is 5.89. The molecule has 0 N–H and O–H groups in total. The van der Waals surface area contributed by atoms with Gasteiger partial charge in [0.15, 0.2) is 0 Å². The first kappa shape index (κ1) is 21.1. The Kier molecular flexibility index (Phi) is 7.12. The van der Waals surface area contributed by atoms with Crippen LogP contribution in [0.5, 0.6) is 0 Å². The molecule has 0 spiro atoms. The average molecular weight is 407 g/mol. The van der Waals surface area contributed by atoms with Crippen LogP contribution in [-0.4, -0.2) is 16.8 Å². The maximum atomic E-state index is 12.6. The molecule has 0 aliphatic rings. The van der Waals surface area contributed by atoms with Crippen molar-refractivity contribution in [3.05, 3.63) is 83.3 Å². The minimum atomic E-state index is -4.48. The molecule has 2 aromatic rings. The van der Waals surface area contributed by atoms with Crippen LogP contribution in [0, 0.1) is 0 Å². The minimum Gasteiger partial charge on any atom is -0.193 e. The molecule has 7 heteroatoms. The van der Waals surface area contributed by atoms with Gasteiger partial charge in [-0.15, -0.1) is 3.63 Å². The first-order valence-corrected chi connectivity index (χ1v) is 11.3. The highest BCUT2D eigenvalue weighted by molar-refractivity contribution is 8.01. The van der Waals surface area contributed by atoms with Crippen LogP contribution in [0.4, 0.5) is 0 Å². The van der Waals surface area contributed by atoms with Crippen LogP contribution in [0.2, 0.25) is 0 Å². The van der Waals surface area contributed by atoms with Gasteiger partial charge >= 0.3 is 20.2 Å². The van der Waals surface area contributed by atoms with E-state index in [1.165, 1.54) is 12.1 Å². The molecule has 0 fully saturated rings. The first-order valence-electron chi connectivity index (χ1n) is 8.45. The maximum absolute atomic E-state index is 12.6. The molecule has 0 aliphatic carbocycles. The van der Waals surface area contributed by atoms with Gasteiger partial charge < -0.3 is 0 Å². The molecule has 27 heavy (non-hydrogen) atoms. The Morgan fingerprint density at radius 1 is 0.963 bits per heavy atom. The zero-order valence-corrected chi connectivity index (χ0v) is 16.8. The van der Waals surface area contributed by atoms with Crippen molar-refractivity contribution in [3.8, 4) is 0 Å². The number of rotatable bonds is 8. The van der Waals surface area contributed by atoms with E-state index in [2.05, 4.69) is 3.63 Å². The topological polar surface area (TPSA) is 77.5 Å². The molecule has 0 heterocycles. The largest absolute Gasteiger partial charge is 0.312 e. The fraction of sp³-hybridized carbons (Fsp3) is 0.200. The number of hydrogen-bond acceptors (Lipinski definition) is 5. The van der Waals surface area contributed by atoms with E-state index in [4.69, 9.17) is 0 Å². The summed E-state index contributed by atoms with van der Waals surface area (Å²) in [4.78, 5) is -0.155. The van der Waals surface area contributed by atoms with Crippen molar-refractivity contribution in [1.29, 1.82) is 0 Å². The van der Waals surface area contributed by atoms with Crippen molar-refractivity contribution in [2.45, 2.75) is 31.6 Å². The molecular formula is C20H22O5S2. The van der Waals surface area contributed by atoms with Gasteiger partial charge in [-0.2, -0.15) is 16.8 Å². The standard InChI is InChI=1S/C20H22O5S2/c1-3-5-11-19-14-9-10-15-20(19)27(23,24)25-26(21,22)16-17(4-2)18-12-7-6-8-13-18/h3,5-10,12-16H,4,11H2,1-2H3. The van der Waals surface area contributed by atoms with E-state index in [9.17, 15) is 16.8 Å². The summed E-state index contributed by atoms with van der Waals surface area (Å²) in [6.07, 6.45) is 4.34. The van der Waals surface area contributed by atoms with Gasteiger partial charge in [0, 0.05) is 0 Å². The van der Waals surface area contributed by atoms with E-state index in [1.807, 2.05) is 13.0 Å². The predicted octanol–water partition coefficient (Wildman–Crippen LogP) is 4.29. The molecular weight excluding hydrogens is 384 g/mol. The summed E-state index contributed by atoms with van der Waals surface area (Å²) in [5.41, 5.74) is 1.62. The predicted molar refractivity (Wildman–Crippen MR) is 107 cm³/mol. The monoisotopic (exact) mass is 406 g/mol. The molecule has 0 saturated carbocycles. The van der Waals surface area contributed by atoms with Crippen LogP contribution in [0.1, 0.15) is 31.4 Å². The molecule has 5 nitrogen and oxygen atoms in total. The van der Waals surface area contributed by atoms with Gasteiger partial charge in [-0.25, -0.2) is 0 Å². The maximum Gasteiger partial charge on any atom is 0.312 e. The van der Waals surface area contributed by atoms with E-state index in [-0.39, 0.29) is 4.90 Å². The molecule has 0 bridgehead atoms. The Morgan fingerprint density at radius 2 is 1.59 bits per heavy atom. The van der Waals surface area contributed by atoms with Gasteiger partial charge in [-0.3, -0.25) is 0 Å². The Labute approximate surface area is 161 Å². The Bertz CT molecular complexity index is 1030. The third-order valence-corrected chi connectivity index (χ3v) is 6.80. The van der Waals surface area contributed by atoms with E-state index in [0.29, 0.717) is 29.5 Å². The van der Waals surface area contributed by atoms with Crippen LogP contribution >= 0.6 is 0 Å². The lowest BCUT2D eigenvalue weighted by molar-refractivity contribution is 0.468. The zero-order valence-electron chi connectivity index (χ0n) is 15.2. The van der Waals surface area contributed by atoms with Crippen molar-refractivity contribution < 1.29 is 20.5 Å². The van der Waals surface area contributed by atoms with Crippen LogP contribution in [-0.2, 0) is 30.3 Å². The second-order valence-electron chi connectivity index (χ2n) is 5.76. The summed E-state index contributed by atoms with van der Waals surface area (Å²) in [6, 6.07) is 15.1.